The van der Waals surface area contributed by atoms with E-state index >= 15 is 0 Å². The number of rotatable bonds is 1. The van der Waals surface area contributed by atoms with E-state index in [1.54, 1.807) is 11.8 Å². The third kappa shape index (κ3) is 1.20. The zero-order valence-corrected chi connectivity index (χ0v) is 5.03. The summed E-state index contributed by atoms with van der Waals surface area (Å²) in [6, 6.07) is 0.449. The molecule has 0 aromatic heterocycles. The van der Waals surface area contributed by atoms with Gasteiger partial charge in [-0.25, -0.2) is 0 Å². The average Bonchev–Trinajstić information content (AvgIpc) is 2.14. The van der Waals surface area contributed by atoms with Crippen LogP contribution in [0.25, 0.3) is 0 Å². The second-order valence-electron chi connectivity index (χ2n) is 1.45. The van der Waals surface area contributed by atoms with E-state index in [1.807, 2.05) is 0 Å². The molecule has 1 aliphatic rings. The topological polar surface area (TPSA) is 12.4 Å². The Morgan fingerprint density at radius 2 is 2.86 bits per heavy atom. The molecule has 1 rings (SSSR count). The third-order valence-corrected chi connectivity index (χ3v) is 1.58. The van der Waals surface area contributed by atoms with Gasteiger partial charge < -0.3 is 0 Å². The lowest BCUT2D eigenvalue weighted by atomic mass is 10.3. The van der Waals surface area contributed by atoms with Crippen LogP contribution in [0.1, 0.15) is 13.3 Å². The van der Waals surface area contributed by atoms with Crippen LogP contribution in [0.3, 0.4) is 0 Å². The lowest BCUT2D eigenvalue weighted by molar-refractivity contribution is 0.782. The molecular formula is C5H7NS. The van der Waals surface area contributed by atoms with Gasteiger partial charge >= 0.3 is 0 Å². The van der Waals surface area contributed by atoms with Gasteiger partial charge in [0.25, 0.3) is 0 Å². The molecule has 0 aromatic carbocycles. The van der Waals surface area contributed by atoms with Crippen LogP contribution in [0.15, 0.2) is 4.99 Å². The molecule has 1 unspecified atom stereocenters. The van der Waals surface area contributed by atoms with Crippen molar-refractivity contribution in [1.29, 1.82) is 0 Å². The standard InChI is InChI=1S/C5H7NS/c1-2-5-3-7-4-6-5/h3,5H,2H2,1H3. The van der Waals surface area contributed by atoms with Gasteiger partial charge in [0.15, 0.2) is 0 Å². The third-order valence-electron chi connectivity index (χ3n) is 0.915. The molecule has 1 nitrogen and oxygen atoms in total. The van der Waals surface area contributed by atoms with Crippen LogP contribution in [0.4, 0.5) is 0 Å². The summed E-state index contributed by atoms with van der Waals surface area (Å²) in [6.45, 7) is 2.12. The van der Waals surface area contributed by atoms with Crippen LogP contribution >= 0.6 is 11.8 Å². The van der Waals surface area contributed by atoms with Gasteiger partial charge in [-0.3, -0.25) is 4.99 Å². The second kappa shape index (κ2) is 2.36. The number of nitrogens with zero attached hydrogens (tertiary/aromatic N) is 1. The van der Waals surface area contributed by atoms with Gasteiger partial charge in [0.2, 0.25) is 0 Å². The van der Waals surface area contributed by atoms with Gasteiger partial charge in [-0.15, -0.1) is 0 Å². The van der Waals surface area contributed by atoms with Crippen molar-refractivity contribution in [2.45, 2.75) is 19.4 Å². The van der Waals surface area contributed by atoms with Crippen molar-refractivity contribution in [3.8, 4) is 0 Å². The van der Waals surface area contributed by atoms with E-state index in [-0.39, 0.29) is 0 Å². The quantitative estimate of drug-likeness (QED) is 0.503. The van der Waals surface area contributed by atoms with Gasteiger partial charge in [-0.1, -0.05) is 18.7 Å². The highest BCUT2D eigenvalue weighted by Gasteiger charge is 2.07. The smallest absolute Gasteiger partial charge is 0.123 e. The van der Waals surface area contributed by atoms with Gasteiger partial charge in [0, 0.05) is 5.75 Å². The molecule has 1 aliphatic heterocycles. The van der Waals surface area contributed by atoms with E-state index in [2.05, 4.69) is 23.2 Å². The highest BCUT2D eigenvalue weighted by Crippen LogP contribution is 2.18. The Morgan fingerprint density at radius 3 is 3.14 bits per heavy atom. The molecule has 0 bridgehead atoms. The molecule has 0 fully saturated rings. The minimum absolute atomic E-state index is 0.449. The molecule has 38 valence electrons. The number of hydrogen-bond acceptors (Lipinski definition) is 2. The normalized spacial score (nSPS) is 29.0. The minimum atomic E-state index is 0.449. The largest absolute Gasteiger partial charge is 0.271 e. The Balaban J connectivity index is 2.28. The lowest BCUT2D eigenvalue weighted by Crippen LogP contribution is -1.93. The van der Waals surface area contributed by atoms with E-state index in [1.165, 1.54) is 0 Å². The molecule has 2 heteroatoms. The monoisotopic (exact) mass is 113 g/mol. The molecule has 0 spiro atoms. The van der Waals surface area contributed by atoms with Crippen LogP contribution in [-0.2, 0) is 0 Å². The first-order valence-electron chi connectivity index (χ1n) is 2.37. The molecule has 2 radical (unpaired) electrons. The van der Waals surface area contributed by atoms with Crippen LogP contribution in [0.2, 0.25) is 0 Å². The molecule has 0 aromatic rings. The van der Waals surface area contributed by atoms with Crippen molar-refractivity contribution in [2.24, 2.45) is 4.99 Å². The number of thioether (sulfide) groups is 1. The Hall–Kier alpha value is 0.0200. The van der Waals surface area contributed by atoms with Crippen LogP contribution in [-0.4, -0.2) is 11.6 Å². The van der Waals surface area contributed by atoms with Crippen molar-refractivity contribution in [3.05, 3.63) is 5.75 Å². The number of aliphatic imine (C=N–C) groups is 1. The molecule has 7 heavy (non-hydrogen) atoms. The van der Waals surface area contributed by atoms with Crippen LogP contribution in [0, 0.1) is 5.75 Å². The molecule has 0 aliphatic carbocycles. The SMILES string of the molecule is CCC1[CH]S[C]=N1. The summed E-state index contributed by atoms with van der Waals surface area (Å²) >= 11 is 1.57. The predicted octanol–water partition coefficient (Wildman–Crippen LogP) is 1.58. The summed E-state index contributed by atoms with van der Waals surface area (Å²) in [5.74, 6) is 2.10. The van der Waals surface area contributed by atoms with Gasteiger partial charge in [-0.05, 0) is 6.42 Å². The fourth-order valence-corrected chi connectivity index (χ4v) is 1.09. The lowest BCUT2D eigenvalue weighted by Gasteiger charge is -1.95. The maximum Gasteiger partial charge on any atom is 0.123 e. The van der Waals surface area contributed by atoms with E-state index < -0.39 is 0 Å². The molecule has 0 amide bonds. The molecule has 0 saturated heterocycles. The summed E-state index contributed by atoms with van der Waals surface area (Å²) in [5.41, 5.74) is 2.81. The minimum Gasteiger partial charge on any atom is -0.271 e. The van der Waals surface area contributed by atoms with E-state index in [0.29, 0.717) is 6.04 Å². The Bertz CT molecular complexity index is 80.1. The summed E-state index contributed by atoms with van der Waals surface area (Å²) in [4.78, 5) is 4.01. The highest BCUT2D eigenvalue weighted by molar-refractivity contribution is 8.14. The highest BCUT2D eigenvalue weighted by atomic mass is 32.2. The van der Waals surface area contributed by atoms with Crippen LogP contribution < -0.4 is 0 Å². The molecule has 1 heterocycles. The van der Waals surface area contributed by atoms with Crippen LogP contribution in [0.5, 0.6) is 0 Å². The second-order valence-corrected chi connectivity index (χ2v) is 2.14. The van der Waals surface area contributed by atoms with E-state index in [9.17, 15) is 0 Å². The van der Waals surface area contributed by atoms with Gasteiger partial charge in [-0.2, -0.15) is 0 Å². The zero-order chi connectivity index (χ0) is 5.11. The van der Waals surface area contributed by atoms with E-state index in [0.717, 1.165) is 6.42 Å². The molecular weight excluding hydrogens is 106 g/mol. The molecule has 1 atom stereocenters. The maximum atomic E-state index is 4.01. The van der Waals surface area contributed by atoms with Gasteiger partial charge in [0.1, 0.15) is 5.55 Å². The first-order valence-corrected chi connectivity index (χ1v) is 3.25. The Morgan fingerprint density at radius 1 is 2.00 bits per heavy atom. The fourth-order valence-electron chi connectivity index (χ4n) is 0.425. The van der Waals surface area contributed by atoms with Crippen molar-refractivity contribution < 1.29 is 0 Å². The Kier molecular flexibility index (Phi) is 1.74. The summed E-state index contributed by atoms with van der Waals surface area (Å²) in [6.07, 6.45) is 1.11. The maximum absolute atomic E-state index is 4.01. The van der Waals surface area contributed by atoms with Crippen molar-refractivity contribution in [2.75, 3.05) is 0 Å². The van der Waals surface area contributed by atoms with Crippen molar-refractivity contribution >= 4 is 17.3 Å². The summed E-state index contributed by atoms with van der Waals surface area (Å²) in [5, 5.41) is 0. The first-order chi connectivity index (χ1) is 3.43. The predicted molar refractivity (Wildman–Crippen MR) is 33.4 cm³/mol. The first kappa shape index (κ1) is 5.16. The average molecular weight is 113 g/mol. The summed E-state index contributed by atoms with van der Waals surface area (Å²) < 4.78 is 0. The van der Waals surface area contributed by atoms with Gasteiger partial charge in [0.05, 0.1) is 6.04 Å². The van der Waals surface area contributed by atoms with Crippen molar-refractivity contribution in [1.82, 2.24) is 0 Å². The van der Waals surface area contributed by atoms with Crippen molar-refractivity contribution in [3.63, 3.8) is 0 Å². The van der Waals surface area contributed by atoms with E-state index in [4.69, 9.17) is 0 Å². The Labute approximate surface area is 48.2 Å². The number of hydrogen-bond donors (Lipinski definition) is 0. The zero-order valence-electron chi connectivity index (χ0n) is 4.22. The fraction of sp³-hybridized carbons (Fsp3) is 0.600. The molecule has 0 N–H and O–H groups in total. The molecule has 0 saturated carbocycles. The summed E-state index contributed by atoms with van der Waals surface area (Å²) in [7, 11) is 0.